The van der Waals surface area contributed by atoms with E-state index in [1.54, 1.807) is 0 Å². The summed E-state index contributed by atoms with van der Waals surface area (Å²) >= 11 is 3.44. The zero-order valence-electron chi connectivity index (χ0n) is 8.79. The van der Waals surface area contributed by atoms with Crippen LogP contribution in [0.15, 0.2) is 48.5 Å². The Morgan fingerprint density at radius 1 is 0.875 bits per heavy atom. The number of benzene rings is 2. The average molecular weight is 279 g/mol. The Morgan fingerprint density at radius 3 is 2.25 bits per heavy atom. The van der Waals surface area contributed by atoms with Crippen LogP contribution >= 0.6 is 15.9 Å². The summed E-state index contributed by atoms with van der Waals surface area (Å²) in [6.45, 7) is 0. The van der Waals surface area contributed by atoms with Gasteiger partial charge < -0.3 is 0 Å². The molecule has 0 atom stereocenters. The molecule has 0 aromatic heterocycles. The zero-order valence-corrected chi connectivity index (χ0v) is 10.4. The lowest BCUT2D eigenvalue weighted by Crippen LogP contribution is -1.89. The van der Waals surface area contributed by atoms with E-state index in [2.05, 4.69) is 40.2 Å². The second kappa shape index (κ2) is 5.26. The fraction of sp³-hybridized carbons (Fsp3) is 0.143. The Morgan fingerprint density at radius 2 is 1.56 bits per heavy atom. The molecule has 0 saturated heterocycles. The minimum absolute atomic E-state index is 0.182. The van der Waals surface area contributed by atoms with Gasteiger partial charge in [0.25, 0.3) is 0 Å². The second-order valence-corrected chi connectivity index (χ2v) is 4.32. The molecular formula is C14H12BrF. The van der Waals surface area contributed by atoms with Crippen LogP contribution in [0.25, 0.3) is 0 Å². The molecule has 2 heteroatoms. The van der Waals surface area contributed by atoms with Gasteiger partial charge in [-0.05, 0) is 35.2 Å². The van der Waals surface area contributed by atoms with Gasteiger partial charge in [0.15, 0.2) is 0 Å². The summed E-state index contributed by atoms with van der Waals surface area (Å²) in [6, 6.07) is 15.1. The molecule has 0 spiro atoms. The lowest BCUT2D eigenvalue weighted by Gasteiger charge is -2.03. The molecule has 2 rings (SSSR count). The van der Waals surface area contributed by atoms with Crippen molar-refractivity contribution in [3.05, 3.63) is 71.0 Å². The van der Waals surface area contributed by atoms with E-state index in [1.807, 2.05) is 12.1 Å². The van der Waals surface area contributed by atoms with E-state index in [4.69, 9.17) is 0 Å². The predicted molar refractivity (Wildman–Crippen MR) is 68.3 cm³/mol. The Bertz CT molecular complexity index is 462. The second-order valence-electron chi connectivity index (χ2n) is 3.76. The first-order chi connectivity index (χ1) is 7.78. The van der Waals surface area contributed by atoms with Crippen LogP contribution in [-0.2, 0) is 11.8 Å². The minimum Gasteiger partial charge on any atom is -0.207 e. The molecule has 2 aromatic carbocycles. The van der Waals surface area contributed by atoms with Gasteiger partial charge in [-0.15, -0.1) is 0 Å². The number of alkyl halides is 1. The van der Waals surface area contributed by atoms with Gasteiger partial charge in [-0.2, -0.15) is 0 Å². The maximum absolute atomic E-state index is 12.7. The van der Waals surface area contributed by atoms with Crippen LogP contribution in [0.2, 0.25) is 0 Å². The lowest BCUT2D eigenvalue weighted by molar-refractivity contribution is 0.627. The van der Waals surface area contributed by atoms with E-state index in [-0.39, 0.29) is 5.82 Å². The average Bonchev–Trinajstić information content (AvgIpc) is 2.32. The number of hydrogen-bond donors (Lipinski definition) is 0. The van der Waals surface area contributed by atoms with E-state index >= 15 is 0 Å². The van der Waals surface area contributed by atoms with Crippen molar-refractivity contribution in [1.82, 2.24) is 0 Å². The van der Waals surface area contributed by atoms with Crippen molar-refractivity contribution < 1.29 is 4.39 Å². The van der Waals surface area contributed by atoms with Gasteiger partial charge in [0.2, 0.25) is 0 Å². The Labute approximate surface area is 103 Å². The van der Waals surface area contributed by atoms with Gasteiger partial charge in [-0.1, -0.05) is 52.3 Å². The van der Waals surface area contributed by atoms with Crippen molar-refractivity contribution in [3.63, 3.8) is 0 Å². The van der Waals surface area contributed by atoms with Gasteiger partial charge in [0, 0.05) is 5.33 Å². The van der Waals surface area contributed by atoms with Crippen LogP contribution in [0.4, 0.5) is 4.39 Å². The molecular weight excluding hydrogens is 267 g/mol. The van der Waals surface area contributed by atoms with E-state index < -0.39 is 0 Å². The van der Waals surface area contributed by atoms with Crippen LogP contribution in [0.3, 0.4) is 0 Å². The quantitative estimate of drug-likeness (QED) is 0.734. The number of hydrogen-bond acceptors (Lipinski definition) is 0. The maximum Gasteiger partial charge on any atom is 0.123 e. The van der Waals surface area contributed by atoms with Crippen LogP contribution in [0.1, 0.15) is 16.7 Å². The summed E-state index contributed by atoms with van der Waals surface area (Å²) in [7, 11) is 0. The fourth-order valence-corrected chi connectivity index (χ4v) is 2.01. The van der Waals surface area contributed by atoms with E-state index in [0.717, 1.165) is 17.3 Å². The normalized spacial score (nSPS) is 10.4. The monoisotopic (exact) mass is 278 g/mol. The van der Waals surface area contributed by atoms with E-state index in [0.29, 0.717) is 0 Å². The first kappa shape index (κ1) is 11.3. The first-order valence-corrected chi connectivity index (χ1v) is 6.28. The van der Waals surface area contributed by atoms with E-state index in [1.165, 1.54) is 23.3 Å². The van der Waals surface area contributed by atoms with Crippen LogP contribution < -0.4 is 0 Å². The summed E-state index contributed by atoms with van der Waals surface area (Å²) in [6.07, 6.45) is 0.848. The molecule has 0 unspecified atom stereocenters. The van der Waals surface area contributed by atoms with Crippen molar-refractivity contribution in [3.8, 4) is 0 Å². The molecule has 0 N–H and O–H groups in total. The summed E-state index contributed by atoms with van der Waals surface area (Å²) in [5.41, 5.74) is 3.65. The third-order valence-corrected chi connectivity index (χ3v) is 3.11. The zero-order chi connectivity index (χ0) is 11.4. The minimum atomic E-state index is -0.182. The maximum atomic E-state index is 12.7. The molecule has 82 valence electrons. The summed E-state index contributed by atoms with van der Waals surface area (Å²) < 4.78 is 12.7. The molecule has 0 bridgehead atoms. The standard InChI is InChI=1S/C14H12BrF/c15-10-13-3-1-2-12(9-13)8-11-4-6-14(16)7-5-11/h1-7,9H,8,10H2. The molecule has 0 aliphatic rings. The third kappa shape index (κ3) is 2.92. The Balaban J connectivity index is 2.16. The molecule has 0 nitrogen and oxygen atoms in total. The van der Waals surface area contributed by atoms with Crippen molar-refractivity contribution in [1.29, 1.82) is 0 Å². The molecule has 0 fully saturated rings. The Hall–Kier alpha value is -1.15. The van der Waals surface area contributed by atoms with Crippen molar-refractivity contribution in [2.75, 3.05) is 0 Å². The van der Waals surface area contributed by atoms with Gasteiger partial charge in [-0.3, -0.25) is 0 Å². The summed E-state index contributed by atoms with van der Waals surface area (Å²) in [4.78, 5) is 0. The van der Waals surface area contributed by atoms with Crippen LogP contribution in [0, 0.1) is 5.82 Å². The van der Waals surface area contributed by atoms with E-state index in [9.17, 15) is 4.39 Å². The molecule has 0 aliphatic carbocycles. The highest BCUT2D eigenvalue weighted by Gasteiger charge is 1.98. The van der Waals surface area contributed by atoms with Crippen molar-refractivity contribution >= 4 is 15.9 Å². The molecule has 0 saturated carbocycles. The number of halogens is 2. The molecule has 0 amide bonds. The Kier molecular flexibility index (Phi) is 3.73. The smallest absolute Gasteiger partial charge is 0.123 e. The predicted octanol–water partition coefficient (Wildman–Crippen LogP) is 4.31. The molecule has 16 heavy (non-hydrogen) atoms. The van der Waals surface area contributed by atoms with Gasteiger partial charge >= 0.3 is 0 Å². The largest absolute Gasteiger partial charge is 0.207 e. The van der Waals surface area contributed by atoms with Gasteiger partial charge in [-0.25, -0.2) is 4.39 Å². The van der Waals surface area contributed by atoms with Gasteiger partial charge in [0.05, 0.1) is 0 Å². The lowest BCUT2D eigenvalue weighted by atomic mass is 10.0. The molecule has 2 aromatic rings. The first-order valence-electron chi connectivity index (χ1n) is 5.16. The molecule has 0 aliphatic heterocycles. The SMILES string of the molecule is Fc1ccc(Cc2cccc(CBr)c2)cc1. The van der Waals surface area contributed by atoms with Crippen molar-refractivity contribution in [2.45, 2.75) is 11.8 Å². The topological polar surface area (TPSA) is 0 Å². The fourth-order valence-electron chi connectivity index (χ4n) is 1.66. The van der Waals surface area contributed by atoms with Crippen LogP contribution in [0.5, 0.6) is 0 Å². The van der Waals surface area contributed by atoms with Crippen LogP contribution in [-0.4, -0.2) is 0 Å². The third-order valence-electron chi connectivity index (χ3n) is 2.47. The highest BCUT2D eigenvalue weighted by atomic mass is 79.9. The van der Waals surface area contributed by atoms with Crippen molar-refractivity contribution in [2.24, 2.45) is 0 Å². The summed E-state index contributed by atoms with van der Waals surface area (Å²) in [5.74, 6) is -0.182. The highest BCUT2D eigenvalue weighted by Crippen LogP contribution is 2.13. The summed E-state index contributed by atoms with van der Waals surface area (Å²) in [5, 5.41) is 0.865. The molecule has 0 heterocycles. The molecule has 0 radical (unpaired) electrons. The highest BCUT2D eigenvalue weighted by molar-refractivity contribution is 9.08. The van der Waals surface area contributed by atoms with Gasteiger partial charge in [0.1, 0.15) is 5.82 Å². The number of rotatable bonds is 3.